The second kappa shape index (κ2) is 9.78. The third-order valence-corrected chi connectivity index (χ3v) is 5.28. The minimum atomic E-state index is 0.540. The van der Waals surface area contributed by atoms with Gasteiger partial charge in [-0.15, -0.1) is 0 Å². The SMILES string of the molecule is CCCCOCCCNC1CCC(C(C)(C)CC)CC1. The van der Waals surface area contributed by atoms with Gasteiger partial charge in [0.05, 0.1) is 0 Å². The first-order valence-electron chi connectivity index (χ1n) is 8.91. The lowest BCUT2D eigenvalue weighted by Gasteiger charge is -2.39. The number of nitrogens with one attached hydrogen (secondary N) is 1. The zero-order valence-corrected chi connectivity index (χ0v) is 14.3. The number of unbranched alkanes of at least 4 members (excludes halogenated alkanes) is 1. The van der Waals surface area contributed by atoms with Gasteiger partial charge in [-0.3, -0.25) is 0 Å². The fraction of sp³-hybridized carbons (Fsp3) is 1.00. The molecule has 120 valence electrons. The molecular formula is C18H37NO. The molecule has 2 nitrogen and oxygen atoms in total. The summed E-state index contributed by atoms with van der Waals surface area (Å²) in [5.74, 6) is 0.933. The molecule has 0 saturated heterocycles. The lowest BCUT2D eigenvalue weighted by atomic mass is 9.69. The van der Waals surface area contributed by atoms with Crippen molar-refractivity contribution in [2.45, 2.75) is 85.1 Å². The molecule has 1 fully saturated rings. The van der Waals surface area contributed by atoms with Crippen LogP contribution in [0.4, 0.5) is 0 Å². The Labute approximate surface area is 127 Å². The van der Waals surface area contributed by atoms with Crippen LogP contribution in [0.1, 0.15) is 79.1 Å². The van der Waals surface area contributed by atoms with Crippen molar-refractivity contribution in [1.29, 1.82) is 0 Å². The number of ether oxygens (including phenoxy) is 1. The van der Waals surface area contributed by atoms with Crippen molar-refractivity contribution >= 4 is 0 Å². The van der Waals surface area contributed by atoms with E-state index in [-0.39, 0.29) is 0 Å². The monoisotopic (exact) mass is 283 g/mol. The molecule has 0 aliphatic heterocycles. The van der Waals surface area contributed by atoms with E-state index in [9.17, 15) is 0 Å². The van der Waals surface area contributed by atoms with Crippen molar-refractivity contribution in [3.05, 3.63) is 0 Å². The van der Waals surface area contributed by atoms with Crippen LogP contribution in [0.15, 0.2) is 0 Å². The average molecular weight is 284 g/mol. The van der Waals surface area contributed by atoms with Gasteiger partial charge in [-0.2, -0.15) is 0 Å². The Balaban J connectivity index is 2.02. The van der Waals surface area contributed by atoms with Crippen LogP contribution in [0, 0.1) is 11.3 Å². The molecule has 0 unspecified atom stereocenters. The van der Waals surface area contributed by atoms with Crippen molar-refractivity contribution in [1.82, 2.24) is 5.32 Å². The molecule has 0 spiro atoms. The Bertz CT molecular complexity index is 232. The first kappa shape index (κ1) is 18.0. The predicted molar refractivity (Wildman–Crippen MR) is 88.2 cm³/mol. The highest BCUT2D eigenvalue weighted by Crippen LogP contribution is 2.40. The van der Waals surface area contributed by atoms with Crippen molar-refractivity contribution < 1.29 is 4.74 Å². The van der Waals surface area contributed by atoms with Crippen LogP contribution >= 0.6 is 0 Å². The van der Waals surface area contributed by atoms with E-state index < -0.39 is 0 Å². The largest absolute Gasteiger partial charge is 0.381 e. The third-order valence-electron chi connectivity index (χ3n) is 5.28. The van der Waals surface area contributed by atoms with Gasteiger partial charge in [0.15, 0.2) is 0 Å². The topological polar surface area (TPSA) is 21.3 Å². The van der Waals surface area contributed by atoms with E-state index in [4.69, 9.17) is 4.74 Å². The van der Waals surface area contributed by atoms with Gasteiger partial charge in [-0.05, 0) is 56.4 Å². The normalized spacial score (nSPS) is 24.0. The second-order valence-electron chi connectivity index (χ2n) is 7.16. The van der Waals surface area contributed by atoms with Crippen molar-refractivity contribution in [3.63, 3.8) is 0 Å². The van der Waals surface area contributed by atoms with Gasteiger partial charge in [0.2, 0.25) is 0 Å². The Morgan fingerprint density at radius 3 is 2.25 bits per heavy atom. The second-order valence-corrected chi connectivity index (χ2v) is 7.16. The molecule has 1 aliphatic rings. The van der Waals surface area contributed by atoms with E-state index >= 15 is 0 Å². The highest BCUT2D eigenvalue weighted by molar-refractivity contribution is 4.84. The summed E-state index contributed by atoms with van der Waals surface area (Å²) in [6.07, 6.45) is 10.4. The molecule has 0 aromatic heterocycles. The summed E-state index contributed by atoms with van der Waals surface area (Å²) >= 11 is 0. The fourth-order valence-corrected chi connectivity index (χ4v) is 3.20. The number of hydrogen-bond donors (Lipinski definition) is 1. The maximum Gasteiger partial charge on any atom is 0.0478 e. The highest BCUT2D eigenvalue weighted by atomic mass is 16.5. The molecule has 0 aromatic carbocycles. The summed E-state index contributed by atoms with van der Waals surface area (Å²) < 4.78 is 5.60. The van der Waals surface area contributed by atoms with Crippen LogP contribution in [0.5, 0.6) is 0 Å². The standard InChI is InChI=1S/C18H37NO/c1-5-7-14-20-15-8-13-19-17-11-9-16(10-12-17)18(3,4)6-2/h16-17,19H,5-15H2,1-4H3. The first-order valence-corrected chi connectivity index (χ1v) is 8.91. The summed E-state index contributed by atoms with van der Waals surface area (Å²) in [6.45, 7) is 12.4. The molecular weight excluding hydrogens is 246 g/mol. The van der Waals surface area contributed by atoms with Gasteiger partial charge >= 0.3 is 0 Å². The smallest absolute Gasteiger partial charge is 0.0478 e. The van der Waals surface area contributed by atoms with Gasteiger partial charge in [-0.25, -0.2) is 0 Å². The maximum atomic E-state index is 5.60. The minimum Gasteiger partial charge on any atom is -0.381 e. The predicted octanol–water partition coefficient (Wildman–Crippen LogP) is 4.78. The van der Waals surface area contributed by atoms with Crippen LogP contribution in [-0.4, -0.2) is 25.8 Å². The number of hydrogen-bond acceptors (Lipinski definition) is 2. The van der Waals surface area contributed by atoms with Crippen LogP contribution in [0.25, 0.3) is 0 Å². The van der Waals surface area contributed by atoms with E-state index in [1.54, 1.807) is 0 Å². The zero-order chi connectivity index (χ0) is 14.8. The summed E-state index contributed by atoms with van der Waals surface area (Å²) in [7, 11) is 0. The lowest BCUT2D eigenvalue weighted by Crippen LogP contribution is -2.37. The minimum absolute atomic E-state index is 0.540. The molecule has 0 atom stereocenters. The fourth-order valence-electron chi connectivity index (χ4n) is 3.20. The van der Waals surface area contributed by atoms with Crippen molar-refractivity contribution in [2.75, 3.05) is 19.8 Å². The lowest BCUT2D eigenvalue weighted by molar-refractivity contribution is 0.122. The van der Waals surface area contributed by atoms with Crippen LogP contribution < -0.4 is 5.32 Å². The van der Waals surface area contributed by atoms with Crippen LogP contribution in [0.2, 0.25) is 0 Å². The molecule has 2 heteroatoms. The Morgan fingerprint density at radius 2 is 1.65 bits per heavy atom. The van der Waals surface area contributed by atoms with Crippen molar-refractivity contribution in [3.8, 4) is 0 Å². The summed E-state index contributed by atoms with van der Waals surface area (Å²) in [5.41, 5.74) is 0.540. The van der Waals surface area contributed by atoms with Crippen LogP contribution in [-0.2, 0) is 4.74 Å². The molecule has 0 radical (unpaired) electrons. The van der Waals surface area contributed by atoms with Crippen molar-refractivity contribution in [2.24, 2.45) is 11.3 Å². The maximum absolute atomic E-state index is 5.60. The van der Waals surface area contributed by atoms with E-state index in [1.807, 2.05) is 0 Å². The molecule has 1 saturated carbocycles. The molecule has 20 heavy (non-hydrogen) atoms. The molecule has 0 aromatic rings. The van der Waals surface area contributed by atoms with E-state index in [0.717, 1.165) is 38.1 Å². The van der Waals surface area contributed by atoms with Gasteiger partial charge in [0, 0.05) is 19.3 Å². The molecule has 0 heterocycles. The van der Waals surface area contributed by atoms with Gasteiger partial charge in [0.25, 0.3) is 0 Å². The number of rotatable bonds is 10. The van der Waals surface area contributed by atoms with Gasteiger partial charge < -0.3 is 10.1 Å². The summed E-state index contributed by atoms with van der Waals surface area (Å²) in [5, 5.41) is 3.72. The molecule has 1 N–H and O–H groups in total. The van der Waals surface area contributed by atoms with Gasteiger partial charge in [0.1, 0.15) is 0 Å². The summed E-state index contributed by atoms with van der Waals surface area (Å²) in [6, 6.07) is 0.759. The molecule has 1 aliphatic carbocycles. The highest BCUT2D eigenvalue weighted by Gasteiger charge is 2.31. The summed E-state index contributed by atoms with van der Waals surface area (Å²) in [4.78, 5) is 0. The molecule has 0 amide bonds. The van der Waals surface area contributed by atoms with E-state index in [0.29, 0.717) is 5.41 Å². The molecule has 0 bridgehead atoms. The Kier molecular flexibility index (Phi) is 8.79. The van der Waals surface area contributed by atoms with E-state index in [1.165, 1.54) is 44.9 Å². The third kappa shape index (κ3) is 6.58. The zero-order valence-electron chi connectivity index (χ0n) is 14.3. The van der Waals surface area contributed by atoms with Crippen LogP contribution in [0.3, 0.4) is 0 Å². The quantitative estimate of drug-likeness (QED) is 0.583. The van der Waals surface area contributed by atoms with E-state index in [2.05, 4.69) is 33.0 Å². The first-order chi connectivity index (χ1) is 9.60. The van der Waals surface area contributed by atoms with Gasteiger partial charge in [-0.1, -0.05) is 40.5 Å². The Morgan fingerprint density at radius 1 is 1.00 bits per heavy atom. The average Bonchev–Trinajstić information content (AvgIpc) is 2.47. The Hall–Kier alpha value is -0.0800. The molecule has 1 rings (SSSR count).